The fourth-order valence-electron chi connectivity index (χ4n) is 5.65. The highest BCUT2D eigenvalue weighted by atomic mass is 19.3. The van der Waals surface area contributed by atoms with E-state index in [0.29, 0.717) is 5.70 Å². The number of likely N-dealkylation sites (tertiary alicyclic amines) is 1. The molecule has 1 saturated carbocycles. The molecule has 4 rings (SSSR count). The average Bonchev–Trinajstić information content (AvgIpc) is 3.13. The first-order chi connectivity index (χ1) is 17.2. The Bertz CT molecular complexity index is 1050. The van der Waals surface area contributed by atoms with Gasteiger partial charge in [-0.05, 0) is 44.9 Å². The summed E-state index contributed by atoms with van der Waals surface area (Å²) in [5.41, 5.74) is 3.01. The van der Waals surface area contributed by atoms with Crippen LogP contribution in [0.1, 0.15) is 70.4 Å². The number of rotatable bonds is 7. The first kappa shape index (κ1) is 26.3. The van der Waals surface area contributed by atoms with Crippen molar-refractivity contribution in [3.63, 3.8) is 0 Å². The fourth-order valence-corrected chi connectivity index (χ4v) is 5.65. The van der Waals surface area contributed by atoms with Crippen molar-refractivity contribution in [1.82, 2.24) is 9.80 Å². The van der Waals surface area contributed by atoms with Crippen molar-refractivity contribution in [2.45, 2.75) is 76.8 Å². The van der Waals surface area contributed by atoms with Gasteiger partial charge in [0.05, 0.1) is 6.54 Å². The molecule has 0 aromatic heterocycles. The summed E-state index contributed by atoms with van der Waals surface area (Å²) in [5.74, 6) is -3.06. The molecule has 1 aliphatic carbocycles. The van der Waals surface area contributed by atoms with Gasteiger partial charge in [0.2, 0.25) is 5.91 Å². The Morgan fingerprint density at radius 3 is 2.47 bits per heavy atom. The number of hydrogen-bond donors (Lipinski definition) is 0. The Balaban J connectivity index is 1.72. The molecule has 0 spiro atoms. The van der Waals surface area contributed by atoms with E-state index in [4.69, 9.17) is 0 Å². The van der Waals surface area contributed by atoms with Crippen molar-refractivity contribution in [3.8, 4) is 0 Å². The minimum Gasteiger partial charge on any atom is -0.307 e. The lowest BCUT2D eigenvalue weighted by molar-refractivity contribution is -0.139. The zero-order valence-corrected chi connectivity index (χ0v) is 21.4. The summed E-state index contributed by atoms with van der Waals surface area (Å²) in [7, 11) is 0. The van der Waals surface area contributed by atoms with Gasteiger partial charge in [-0.1, -0.05) is 55.7 Å². The summed E-state index contributed by atoms with van der Waals surface area (Å²) < 4.78 is 27.5. The van der Waals surface area contributed by atoms with Crippen LogP contribution in [0.2, 0.25) is 0 Å². The van der Waals surface area contributed by atoms with Crippen molar-refractivity contribution >= 4 is 17.5 Å². The highest BCUT2D eigenvalue weighted by Gasteiger charge is 2.46. The van der Waals surface area contributed by atoms with Gasteiger partial charge < -0.3 is 4.90 Å². The lowest BCUT2D eigenvalue weighted by Crippen LogP contribution is -2.49. The molecule has 7 heteroatoms. The molecule has 0 N–H and O–H groups in total. The Hall–Kier alpha value is -2.80. The number of carbonyl (C=O) groups is 2. The topological polar surface area (TPSA) is 43.9 Å². The number of fused-ring (bicyclic) bond motifs is 1. The largest absolute Gasteiger partial charge is 0.307 e. The number of para-hydroxylation sites is 1. The number of carbonyl (C=O) groups excluding carboxylic acids is 2. The van der Waals surface area contributed by atoms with Crippen molar-refractivity contribution < 1.29 is 18.4 Å². The van der Waals surface area contributed by atoms with E-state index in [2.05, 4.69) is 6.58 Å². The maximum absolute atomic E-state index is 14.1. The van der Waals surface area contributed by atoms with Gasteiger partial charge in [-0.2, -0.15) is 0 Å². The molecule has 5 nitrogen and oxygen atoms in total. The smallest absolute Gasteiger partial charge is 0.255 e. The van der Waals surface area contributed by atoms with Gasteiger partial charge in [-0.3, -0.25) is 19.4 Å². The molecule has 2 heterocycles. The zero-order valence-electron chi connectivity index (χ0n) is 21.4. The maximum Gasteiger partial charge on any atom is 0.255 e. The standard InChI is InChI=1S/C29H37F2N3O2/c1-4-10-23(19-21(2)3)34(26(35)20-32-17-15-29(30,31)16-18-32)27-24-13-8-9-14-25(24)33(28(27)36)22-11-6-5-7-12-22/h4,8-10,13-14,19,22,27H,2,5-7,11-12,15-18,20H2,1,3H3/b10-4-,23-19+. The van der Waals surface area contributed by atoms with Crippen molar-refractivity contribution in [1.29, 1.82) is 0 Å². The molecule has 1 aromatic carbocycles. The number of allylic oxidation sites excluding steroid dienone is 4. The summed E-state index contributed by atoms with van der Waals surface area (Å²) in [5, 5.41) is 0. The first-order valence-corrected chi connectivity index (χ1v) is 13.1. The second-order valence-corrected chi connectivity index (χ2v) is 10.3. The van der Waals surface area contributed by atoms with Crippen LogP contribution in [0.25, 0.3) is 0 Å². The highest BCUT2D eigenvalue weighted by molar-refractivity contribution is 6.07. The predicted molar refractivity (Wildman–Crippen MR) is 139 cm³/mol. The average molecular weight is 498 g/mol. The monoisotopic (exact) mass is 497 g/mol. The van der Waals surface area contributed by atoms with E-state index in [1.807, 2.05) is 55.2 Å². The van der Waals surface area contributed by atoms with Crippen molar-refractivity contribution in [3.05, 3.63) is 65.9 Å². The summed E-state index contributed by atoms with van der Waals surface area (Å²) in [6, 6.07) is 7.04. The van der Waals surface area contributed by atoms with Crippen LogP contribution in [-0.4, -0.2) is 53.2 Å². The number of anilines is 1. The molecule has 2 amide bonds. The summed E-state index contributed by atoms with van der Waals surface area (Å²) in [6.45, 7) is 7.98. The highest BCUT2D eigenvalue weighted by Crippen LogP contribution is 2.44. The lowest BCUT2D eigenvalue weighted by Gasteiger charge is -2.36. The Morgan fingerprint density at radius 1 is 1.17 bits per heavy atom. The van der Waals surface area contributed by atoms with Gasteiger partial charge in [0.1, 0.15) is 6.04 Å². The maximum atomic E-state index is 14.1. The van der Waals surface area contributed by atoms with E-state index in [9.17, 15) is 18.4 Å². The minimum atomic E-state index is -2.68. The number of amides is 2. The van der Waals surface area contributed by atoms with Crippen molar-refractivity contribution in [2.24, 2.45) is 0 Å². The van der Waals surface area contributed by atoms with Gasteiger partial charge in [0, 0.05) is 48.9 Å². The molecule has 2 aliphatic heterocycles. The predicted octanol–water partition coefficient (Wildman–Crippen LogP) is 6.00. The number of halogens is 2. The van der Waals surface area contributed by atoms with Gasteiger partial charge in [0.25, 0.3) is 11.8 Å². The third-order valence-corrected chi connectivity index (χ3v) is 7.39. The fraction of sp³-hybridized carbons (Fsp3) is 0.517. The van der Waals surface area contributed by atoms with E-state index >= 15 is 0 Å². The molecule has 0 bridgehead atoms. The molecule has 1 atom stereocenters. The third-order valence-electron chi connectivity index (χ3n) is 7.39. The molecule has 3 aliphatic rings. The van der Waals surface area contributed by atoms with Crippen LogP contribution >= 0.6 is 0 Å². The molecule has 1 unspecified atom stereocenters. The Morgan fingerprint density at radius 2 is 1.83 bits per heavy atom. The number of nitrogens with zero attached hydrogens (tertiary/aromatic N) is 3. The second-order valence-electron chi connectivity index (χ2n) is 10.3. The number of benzene rings is 1. The molecule has 1 saturated heterocycles. The molecule has 36 heavy (non-hydrogen) atoms. The SMILES string of the molecule is C=C(C)/C=C(\C=C/C)N(C(=O)CN1CCC(F)(F)CC1)C1C(=O)N(C2CCCCC2)c2ccccc21. The Labute approximate surface area is 213 Å². The molecule has 2 fully saturated rings. The Kier molecular flexibility index (Phi) is 8.08. The number of hydrogen-bond acceptors (Lipinski definition) is 3. The van der Waals surface area contributed by atoms with Crippen LogP contribution in [0.3, 0.4) is 0 Å². The van der Waals surface area contributed by atoms with E-state index < -0.39 is 12.0 Å². The minimum absolute atomic E-state index is 0.0173. The van der Waals surface area contributed by atoms with Crippen LogP contribution in [0.15, 0.2) is 60.3 Å². The third kappa shape index (κ3) is 5.61. The van der Waals surface area contributed by atoms with Gasteiger partial charge in [0.15, 0.2) is 0 Å². The summed E-state index contributed by atoms with van der Waals surface area (Å²) in [6.07, 6.45) is 10.2. The zero-order chi connectivity index (χ0) is 25.9. The van der Waals surface area contributed by atoms with Gasteiger partial charge in [-0.25, -0.2) is 8.78 Å². The van der Waals surface area contributed by atoms with Crippen LogP contribution in [0.5, 0.6) is 0 Å². The van der Waals surface area contributed by atoms with E-state index in [-0.39, 0.29) is 50.3 Å². The van der Waals surface area contributed by atoms with E-state index in [1.54, 1.807) is 15.9 Å². The second kappa shape index (κ2) is 11.1. The van der Waals surface area contributed by atoms with Crippen LogP contribution in [-0.2, 0) is 9.59 Å². The van der Waals surface area contributed by atoms with Crippen LogP contribution in [0.4, 0.5) is 14.5 Å². The van der Waals surface area contributed by atoms with Gasteiger partial charge >= 0.3 is 0 Å². The number of piperidine rings is 1. The van der Waals surface area contributed by atoms with Crippen molar-refractivity contribution in [2.75, 3.05) is 24.5 Å². The molecular weight excluding hydrogens is 460 g/mol. The van der Waals surface area contributed by atoms with Crippen LogP contribution < -0.4 is 4.90 Å². The normalized spacial score (nSPS) is 23.2. The quantitative estimate of drug-likeness (QED) is 0.434. The van der Waals surface area contributed by atoms with E-state index in [0.717, 1.165) is 42.5 Å². The molecule has 194 valence electrons. The molecule has 0 radical (unpaired) electrons. The van der Waals surface area contributed by atoms with E-state index in [1.165, 1.54) is 6.42 Å². The molecule has 1 aromatic rings. The van der Waals surface area contributed by atoms with Crippen LogP contribution in [0, 0.1) is 0 Å². The summed E-state index contributed by atoms with van der Waals surface area (Å²) >= 11 is 0. The summed E-state index contributed by atoms with van der Waals surface area (Å²) in [4.78, 5) is 33.3. The lowest BCUT2D eigenvalue weighted by atomic mass is 9.94. The number of alkyl halides is 2. The molecular formula is C29H37F2N3O2. The first-order valence-electron chi connectivity index (χ1n) is 13.1. The van der Waals surface area contributed by atoms with Gasteiger partial charge in [-0.15, -0.1) is 0 Å².